The molecule has 1 aliphatic heterocycles. The monoisotopic (exact) mass is 543 g/mol. The molecular weight excluding hydrogens is 526 g/mol. The van der Waals surface area contributed by atoms with Crippen molar-refractivity contribution in [3.8, 4) is 11.5 Å². The van der Waals surface area contributed by atoms with Crippen LogP contribution < -0.4 is 8.92 Å². The van der Waals surface area contributed by atoms with E-state index in [1.54, 1.807) is 30.3 Å². The van der Waals surface area contributed by atoms with Gasteiger partial charge in [0, 0.05) is 10.6 Å². The molecule has 0 unspecified atom stereocenters. The fourth-order valence-corrected chi connectivity index (χ4v) is 5.18. The van der Waals surface area contributed by atoms with Crippen LogP contribution >= 0.6 is 23.4 Å². The topological polar surface area (TPSA) is 107 Å². The Kier molecular flexibility index (Phi) is 7.48. The van der Waals surface area contributed by atoms with Crippen LogP contribution in [0.15, 0.2) is 82.6 Å². The summed E-state index contributed by atoms with van der Waals surface area (Å²) in [6.07, 6.45) is 1.45. The van der Waals surface area contributed by atoms with Gasteiger partial charge in [-0.2, -0.15) is 8.42 Å². The minimum Gasteiger partial charge on any atom is -0.493 e. The van der Waals surface area contributed by atoms with E-state index >= 15 is 0 Å². The summed E-state index contributed by atoms with van der Waals surface area (Å²) in [5.41, 5.74) is 0.791. The summed E-state index contributed by atoms with van der Waals surface area (Å²) < 4.78 is 35.6. The van der Waals surface area contributed by atoms with Gasteiger partial charge in [-0.15, -0.1) is 0 Å². The number of carbonyl (C=O) groups is 3. The number of hydrogen-bond acceptors (Lipinski definition) is 8. The summed E-state index contributed by atoms with van der Waals surface area (Å²) in [7, 11) is -2.74. The summed E-state index contributed by atoms with van der Waals surface area (Å²) in [5, 5.41) is -0.111. The Bertz CT molecular complexity index is 1470. The molecule has 8 nitrogen and oxygen atoms in total. The largest absolute Gasteiger partial charge is 0.493 e. The predicted molar refractivity (Wildman–Crippen MR) is 136 cm³/mol. The van der Waals surface area contributed by atoms with E-state index in [2.05, 4.69) is 0 Å². The number of halogens is 1. The Hall–Kier alpha value is -3.60. The summed E-state index contributed by atoms with van der Waals surface area (Å²) in [4.78, 5) is 38.7. The van der Waals surface area contributed by atoms with E-state index in [0.717, 1.165) is 4.90 Å². The van der Waals surface area contributed by atoms with E-state index < -0.39 is 33.6 Å². The molecule has 0 radical (unpaired) electrons. The normalized spacial score (nSPS) is 14.8. The first-order valence-corrected chi connectivity index (χ1v) is 13.0. The Morgan fingerprint density at radius 1 is 1.00 bits per heavy atom. The molecule has 4 rings (SSSR count). The Labute approximate surface area is 216 Å². The van der Waals surface area contributed by atoms with Crippen molar-refractivity contribution in [3.63, 3.8) is 0 Å². The molecule has 3 aromatic rings. The maximum atomic E-state index is 12.8. The molecule has 1 heterocycles. The van der Waals surface area contributed by atoms with Gasteiger partial charge in [-0.25, -0.2) is 0 Å². The zero-order valence-electron chi connectivity index (χ0n) is 18.7. The minimum absolute atomic E-state index is 0.0158. The first kappa shape index (κ1) is 25.5. The van der Waals surface area contributed by atoms with Crippen molar-refractivity contribution in [3.05, 3.63) is 93.9 Å². The van der Waals surface area contributed by atoms with Gasteiger partial charge in [0.25, 0.3) is 11.1 Å². The van der Waals surface area contributed by atoms with Crippen LogP contribution in [0.1, 0.15) is 15.9 Å². The molecule has 1 fully saturated rings. The molecule has 36 heavy (non-hydrogen) atoms. The third kappa shape index (κ3) is 5.62. The number of carbonyl (C=O) groups excluding carboxylic acids is 3. The number of ether oxygens (including phenoxy) is 1. The molecule has 2 amide bonds. The first-order valence-electron chi connectivity index (χ1n) is 10.4. The van der Waals surface area contributed by atoms with Gasteiger partial charge >= 0.3 is 10.1 Å². The Balaban J connectivity index is 1.52. The average molecular weight is 544 g/mol. The third-order valence-corrected chi connectivity index (χ3v) is 7.47. The third-order valence-electron chi connectivity index (χ3n) is 5.06. The van der Waals surface area contributed by atoms with Gasteiger partial charge in [0.15, 0.2) is 17.3 Å². The van der Waals surface area contributed by atoms with Crippen LogP contribution in [0, 0.1) is 0 Å². The van der Waals surface area contributed by atoms with Gasteiger partial charge in [0.05, 0.1) is 18.6 Å². The molecule has 0 saturated carbocycles. The lowest BCUT2D eigenvalue weighted by molar-refractivity contribution is -0.122. The fourth-order valence-electron chi connectivity index (χ4n) is 3.25. The van der Waals surface area contributed by atoms with Crippen LogP contribution in [0.5, 0.6) is 11.5 Å². The second-order valence-corrected chi connectivity index (χ2v) is 10.4. The SMILES string of the molecule is COc1cc(/C=C2\SC(=O)N(CC(=O)c3ccc(Cl)cc3)C2=O)ccc1OS(=O)(=O)c1ccccc1. The lowest BCUT2D eigenvalue weighted by Gasteiger charge is -2.12. The highest BCUT2D eigenvalue weighted by atomic mass is 35.5. The number of amides is 2. The van der Waals surface area contributed by atoms with Gasteiger partial charge in [-0.05, 0) is 71.9 Å². The number of nitrogens with zero attached hydrogens (tertiary/aromatic N) is 1. The maximum Gasteiger partial charge on any atom is 0.339 e. The number of imide groups is 1. The molecule has 0 spiro atoms. The summed E-state index contributed by atoms with van der Waals surface area (Å²) in [6, 6.07) is 18.2. The standard InChI is InChI=1S/C25H18ClNO7S2/c1-33-22-13-16(7-12-21(22)34-36(31,32)19-5-3-2-4-6-19)14-23-24(29)27(25(30)35-23)15-20(28)17-8-10-18(26)11-9-17/h2-14H,15H2,1H3/b23-14-. The smallest absolute Gasteiger partial charge is 0.339 e. The molecule has 0 atom stereocenters. The number of benzene rings is 3. The number of thioether (sulfide) groups is 1. The van der Waals surface area contributed by atoms with Crippen LogP contribution in [0.25, 0.3) is 6.08 Å². The number of rotatable bonds is 8. The highest BCUT2D eigenvalue weighted by molar-refractivity contribution is 8.18. The summed E-state index contributed by atoms with van der Waals surface area (Å²) in [6.45, 7) is -0.406. The second kappa shape index (κ2) is 10.6. The van der Waals surface area contributed by atoms with E-state index in [-0.39, 0.29) is 21.3 Å². The van der Waals surface area contributed by atoms with Gasteiger partial charge < -0.3 is 8.92 Å². The molecule has 3 aromatic carbocycles. The van der Waals surface area contributed by atoms with Crippen LogP contribution in [0.2, 0.25) is 5.02 Å². The van der Waals surface area contributed by atoms with Crippen molar-refractivity contribution in [1.29, 1.82) is 0 Å². The van der Waals surface area contributed by atoms with Crippen molar-refractivity contribution in [1.82, 2.24) is 4.90 Å². The van der Waals surface area contributed by atoms with E-state index in [4.69, 9.17) is 20.5 Å². The Morgan fingerprint density at radius 2 is 1.69 bits per heavy atom. The minimum atomic E-state index is -4.09. The molecule has 184 valence electrons. The Morgan fingerprint density at radius 3 is 2.36 bits per heavy atom. The molecule has 0 N–H and O–H groups in total. The zero-order chi connectivity index (χ0) is 25.9. The number of methoxy groups -OCH3 is 1. The quantitative estimate of drug-likeness (QED) is 0.221. The van der Waals surface area contributed by atoms with Gasteiger partial charge in [-0.1, -0.05) is 35.9 Å². The summed E-state index contributed by atoms with van der Waals surface area (Å²) in [5.74, 6) is -0.947. The van der Waals surface area contributed by atoms with Crippen LogP contribution in [0.4, 0.5) is 4.79 Å². The molecule has 1 saturated heterocycles. The highest BCUT2D eigenvalue weighted by Gasteiger charge is 2.36. The van der Waals surface area contributed by atoms with Gasteiger partial charge in [-0.3, -0.25) is 19.3 Å². The molecule has 1 aliphatic rings. The molecule has 0 bridgehead atoms. The molecule has 0 aromatic heterocycles. The number of hydrogen-bond donors (Lipinski definition) is 0. The first-order chi connectivity index (χ1) is 17.2. The highest BCUT2D eigenvalue weighted by Crippen LogP contribution is 2.35. The second-order valence-electron chi connectivity index (χ2n) is 7.46. The van der Waals surface area contributed by atoms with E-state index in [1.807, 2.05) is 0 Å². The molecular formula is C25H18ClNO7S2. The van der Waals surface area contributed by atoms with Crippen molar-refractivity contribution in [2.45, 2.75) is 4.90 Å². The lowest BCUT2D eigenvalue weighted by Crippen LogP contribution is -2.33. The van der Waals surface area contributed by atoms with Crippen molar-refractivity contribution in [2.24, 2.45) is 0 Å². The predicted octanol–water partition coefficient (Wildman–Crippen LogP) is 5.04. The van der Waals surface area contributed by atoms with Crippen molar-refractivity contribution >= 4 is 56.5 Å². The maximum absolute atomic E-state index is 12.8. The van der Waals surface area contributed by atoms with Crippen LogP contribution in [-0.2, 0) is 14.9 Å². The molecule has 11 heteroatoms. The lowest BCUT2D eigenvalue weighted by atomic mass is 10.1. The van der Waals surface area contributed by atoms with E-state index in [9.17, 15) is 22.8 Å². The van der Waals surface area contributed by atoms with Crippen molar-refractivity contribution in [2.75, 3.05) is 13.7 Å². The van der Waals surface area contributed by atoms with Gasteiger partial charge in [0.2, 0.25) is 0 Å². The number of Topliss-reactive ketones (excluding diaryl/α,β-unsaturated/α-hetero) is 1. The number of ketones is 1. The molecule has 0 aliphatic carbocycles. The van der Waals surface area contributed by atoms with Crippen molar-refractivity contribution < 1.29 is 31.7 Å². The average Bonchev–Trinajstić information content (AvgIpc) is 3.13. The van der Waals surface area contributed by atoms with E-state index in [1.165, 1.54) is 55.7 Å². The fraction of sp³-hybridized carbons (Fsp3) is 0.0800. The van der Waals surface area contributed by atoms with E-state index in [0.29, 0.717) is 27.9 Å². The zero-order valence-corrected chi connectivity index (χ0v) is 21.1. The van der Waals surface area contributed by atoms with Crippen LogP contribution in [-0.4, -0.2) is 43.9 Å². The van der Waals surface area contributed by atoms with Crippen LogP contribution in [0.3, 0.4) is 0 Å². The summed E-state index contributed by atoms with van der Waals surface area (Å²) >= 11 is 6.53. The van der Waals surface area contributed by atoms with Gasteiger partial charge in [0.1, 0.15) is 4.90 Å².